The van der Waals surface area contributed by atoms with E-state index in [9.17, 15) is 0 Å². The van der Waals surface area contributed by atoms with Gasteiger partial charge >= 0.3 is 0 Å². The molecule has 0 saturated carbocycles. The van der Waals surface area contributed by atoms with Crippen molar-refractivity contribution in [3.63, 3.8) is 0 Å². The summed E-state index contributed by atoms with van der Waals surface area (Å²) in [5.41, 5.74) is 2.02. The average Bonchev–Trinajstić information content (AvgIpc) is 2.31. The lowest BCUT2D eigenvalue weighted by molar-refractivity contribution is 0.0835. The van der Waals surface area contributed by atoms with Crippen LogP contribution in [-0.2, 0) is 10.6 Å². The van der Waals surface area contributed by atoms with Gasteiger partial charge in [0.2, 0.25) is 0 Å². The highest BCUT2D eigenvalue weighted by Crippen LogP contribution is 2.24. The van der Waals surface area contributed by atoms with Crippen molar-refractivity contribution in [2.75, 3.05) is 13.2 Å². The first-order valence-corrected chi connectivity index (χ1v) is 5.81. The summed E-state index contributed by atoms with van der Waals surface area (Å²) >= 11 is 5.83. The van der Waals surface area contributed by atoms with Crippen molar-refractivity contribution < 1.29 is 4.74 Å². The van der Waals surface area contributed by atoms with Gasteiger partial charge in [-0.25, -0.2) is 9.97 Å². The molecule has 82 valence electrons. The summed E-state index contributed by atoms with van der Waals surface area (Å²) in [6.45, 7) is 3.63. The molecule has 1 aliphatic rings. The zero-order valence-corrected chi connectivity index (χ0v) is 9.63. The van der Waals surface area contributed by atoms with Crippen LogP contribution in [0.2, 0.25) is 0 Å². The quantitative estimate of drug-likeness (QED) is 0.727. The highest BCUT2D eigenvalue weighted by atomic mass is 35.5. The first kappa shape index (κ1) is 10.8. The zero-order valence-electron chi connectivity index (χ0n) is 8.87. The van der Waals surface area contributed by atoms with Gasteiger partial charge in [0.05, 0.1) is 11.6 Å². The standard InChI is InChI=1S/C11H15ClN2O/c1-8-7-13-11(14-10(8)6-12)9-2-4-15-5-3-9/h7,9H,2-6H2,1H3. The Bertz CT molecular complexity index is 337. The van der Waals surface area contributed by atoms with E-state index >= 15 is 0 Å². The monoisotopic (exact) mass is 226 g/mol. The second-order valence-corrected chi connectivity index (χ2v) is 4.15. The number of rotatable bonds is 2. The molecular formula is C11H15ClN2O. The van der Waals surface area contributed by atoms with Crippen molar-refractivity contribution in [1.82, 2.24) is 9.97 Å². The molecule has 2 rings (SSSR count). The van der Waals surface area contributed by atoms with Crippen LogP contribution < -0.4 is 0 Å². The van der Waals surface area contributed by atoms with Crippen molar-refractivity contribution in [2.24, 2.45) is 0 Å². The number of nitrogens with zero attached hydrogens (tertiary/aromatic N) is 2. The van der Waals surface area contributed by atoms with Gasteiger partial charge in [0.25, 0.3) is 0 Å². The van der Waals surface area contributed by atoms with Crippen molar-refractivity contribution >= 4 is 11.6 Å². The molecule has 0 N–H and O–H groups in total. The minimum atomic E-state index is 0.446. The second-order valence-electron chi connectivity index (χ2n) is 3.88. The predicted molar refractivity (Wildman–Crippen MR) is 59.1 cm³/mol. The van der Waals surface area contributed by atoms with Crippen LogP contribution in [0.25, 0.3) is 0 Å². The predicted octanol–water partition coefficient (Wildman–Crippen LogP) is 2.42. The van der Waals surface area contributed by atoms with Crippen LogP contribution in [0.5, 0.6) is 0 Å². The summed E-state index contributed by atoms with van der Waals surface area (Å²) in [5, 5.41) is 0. The number of ether oxygens (including phenoxy) is 1. The van der Waals surface area contributed by atoms with Crippen LogP contribution in [0, 0.1) is 6.92 Å². The Hall–Kier alpha value is -0.670. The Balaban J connectivity index is 2.20. The molecule has 15 heavy (non-hydrogen) atoms. The minimum Gasteiger partial charge on any atom is -0.381 e. The molecule has 0 aliphatic carbocycles. The molecule has 1 fully saturated rings. The van der Waals surface area contributed by atoms with E-state index in [1.165, 1.54) is 0 Å². The molecule has 1 aromatic rings. The molecule has 0 amide bonds. The number of hydrogen-bond acceptors (Lipinski definition) is 3. The van der Waals surface area contributed by atoms with Gasteiger partial charge in [-0.15, -0.1) is 11.6 Å². The van der Waals surface area contributed by atoms with Gasteiger partial charge in [0.1, 0.15) is 5.82 Å². The maximum Gasteiger partial charge on any atom is 0.131 e. The number of alkyl halides is 1. The Morgan fingerprint density at radius 3 is 2.87 bits per heavy atom. The van der Waals surface area contributed by atoms with Crippen LogP contribution in [0.1, 0.15) is 35.8 Å². The number of aryl methyl sites for hydroxylation is 1. The van der Waals surface area contributed by atoms with Gasteiger partial charge in [-0.1, -0.05) is 0 Å². The van der Waals surface area contributed by atoms with Gasteiger partial charge in [0, 0.05) is 25.3 Å². The highest BCUT2D eigenvalue weighted by molar-refractivity contribution is 6.16. The van der Waals surface area contributed by atoms with E-state index < -0.39 is 0 Å². The molecule has 0 atom stereocenters. The third-order valence-electron chi connectivity index (χ3n) is 2.81. The summed E-state index contributed by atoms with van der Waals surface area (Å²) < 4.78 is 5.32. The lowest BCUT2D eigenvalue weighted by Gasteiger charge is -2.21. The van der Waals surface area contributed by atoms with E-state index in [-0.39, 0.29) is 0 Å². The van der Waals surface area contributed by atoms with Gasteiger partial charge in [0.15, 0.2) is 0 Å². The first-order chi connectivity index (χ1) is 7.31. The van der Waals surface area contributed by atoms with Gasteiger partial charge in [-0.05, 0) is 25.3 Å². The lowest BCUT2D eigenvalue weighted by Crippen LogP contribution is -2.17. The van der Waals surface area contributed by atoms with E-state index in [0.717, 1.165) is 43.1 Å². The second kappa shape index (κ2) is 4.90. The molecule has 2 heterocycles. The molecule has 1 saturated heterocycles. The summed E-state index contributed by atoms with van der Waals surface area (Å²) in [5.74, 6) is 1.84. The number of aromatic nitrogens is 2. The number of halogens is 1. The SMILES string of the molecule is Cc1cnc(C2CCOCC2)nc1CCl. The Kier molecular flexibility index (Phi) is 3.54. The van der Waals surface area contributed by atoms with Gasteiger partial charge < -0.3 is 4.74 Å². The van der Waals surface area contributed by atoms with Crippen LogP contribution in [0.15, 0.2) is 6.20 Å². The van der Waals surface area contributed by atoms with E-state index in [1.54, 1.807) is 0 Å². The normalized spacial score (nSPS) is 18.0. The highest BCUT2D eigenvalue weighted by Gasteiger charge is 2.19. The van der Waals surface area contributed by atoms with Crippen LogP contribution in [0.3, 0.4) is 0 Å². The third-order valence-corrected chi connectivity index (χ3v) is 3.06. The summed E-state index contributed by atoms with van der Waals surface area (Å²) in [6, 6.07) is 0. The maximum absolute atomic E-state index is 5.83. The fourth-order valence-corrected chi connectivity index (χ4v) is 2.05. The molecule has 0 unspecified atom stereocenters. The molecule has 0 spiro atoms. The topological polar surface area (TPSA) is 35.0 Å². The molecule has 3 nitrogen and oxygen atoms in total. The molecule has 1 aliphatic heterocycles. The zero-order chi connectivity index (χ0) is 10.7. The molecular weight excluding hydrogens is 212 g/mol. The van der Waals surface area contributed by atoms with E-state index in [2.05, 4.69) is 9.97 Å². The Morgan fingerprint density at radius 1 is 1.47 bits per heavy atom. The van der Waals surface area contributed by atoms with Crippen molar-refractivity contribution in [3.05, 3.63) is 23.3 Å². The molecule has 1 aromatic heterocycles. The third kappa shape index (κ3) is 2.47. The molecule has 0 radical (unpaired) electrons. The largest absolute Gasteiger partial charge is 0.381 e. The summed E-state index contributed by atoms with van der Waals surface area (Å²) in [4.78, 5) is 8.90. The average molecular weight is 227 g/mol. The van der Waals surface area contributed by atoms with Gasteiger partial charge in [-0.3, -0.25) is 0 Å². The number of hydrogen-bond donors (Lipinski definition) is 0. The fraction of sp³-hybridized carbons (Fsp3) is 0.636. The van der Waals surface area contributed by atoms with Crippen LogP contribution in [0.4, 0.5) is 0 Å². The Labute approximate surface area is 94.8 Å². The first-order valence-electron chi connectivity index (χ1n) is 5.27. The Morgan fingerprint density at radius 2 is 2.20 bits per heavy atom. The van der Waals surface area contributed by atoms with E-state index in [0.29, 0.717) is 11.8 Å². The summed E-state index contributed by atoms with van der Waals surface area (Å²) in [6.07, 6.45) is 3.91. The van der Waals surface area contributed by atoms with Gasteiger partial charge in [-0.2, -0.15) is 0 Å². The summed E-state index contributed by atoms with van der Waals surface area (Å²) in [7, 11) is 0. The van der Waals surface area contributed by atoms with Crippen LogP contribution in [-0.4, -0.2) is 23.2 Å². The smallest absolute Gasteiger partial charge is 0.131 e. The molecule has 0 bridgehead atoms. The van der Waals surface area contributed by atoms with Crippen molar-refractivity contribution in [1.29, 1.82) is 0 Å². The maximum atomic E-state index is 5.83. The minimum absolute atomic E-state index is 0.446. The molecule has 0 aromatic carbocycles. The fourth-order valence-electron chi connectivity index (χ4n) is 1.78. The lowest BCUT2D eigenvalue weighted by atomic mass is 9.99. The van der Waals surface area contributed by atoms with Crippen molar-refractivity contribution in [2.45, 2.75) is 31.6 Å². The van der Waals surface area contributed by atoms with Crippen LogP contribution >= 0.6 is 11.6 Å². The molecule has 4 heteroatoms. The van der Waals surface area contributed by atoms with E-state index in [4.69, 9.17) is 16.3 Å². The van der Waals surface area contributed by atoms with E-state index in [1.807, 2.05) is 13.1 Å². The van der Waals surface area contributed by atoms with Crippen molar-refractivity contribution in [3.8, 4) is 0 Å².